The minimum atomic E-state index is -0.0930. The van der Waals surface area contributed by atoms with Gasteiger partial charge in [-0.15, -0.1) is 0 Å². The molecule has 1 aliphatic rings. The van der Waals surface area contributed by atoms with Crippen molar-refractivity contribution in [2.75, 3.05) is 13.1 Å². The maximum atomic E-state index is 11.7. The summed E-state index contributed by atoms with van der Waals surface area (Å²) < 4.78 is 7.15. The van der Waals surface area contributed by atoms with E-state index in [2.05, 4.69) is 33.3 Å². The van der Waals surface area contributed by atoms with Gasteiger partial charge in [-0.05, 0) is 62.5 Å². The first-order chi connectivity index (χ1) is 12.2. The molecule has 0 unspecified atom stereocenters. The molecule has 2 aromatic heterocycles. The molecule has 0 bridgehead atoms. The lowest BCUT2D eigenvalue weighted by atomic mass is 9.93. The van der Waals surface area contributed by atoms with Crippen LogP contribution in [0.1, 0.15) is 31.2 Å². The molecule has 0 aliphatic carbocycles. The van der Waals surface area contributed by atoms with E-state index in [-0.39, 0.29) is 5.69 Å². The second-order valence-electron chi connectivity index (χ2n) is 6.91. The van der Waals surface area contributed by atoms with Crippen LogP contribution >= 0.6 is 0 Å². The van der Waals surface area contributed by atoms with Gasteiger partial charge in [0.2, 0.25) is 0 Å². The Balaban J connectivity index is 1.34. The predicted octanol–water partition coefficient (Wildman–Crippen LogP) is 2.79. The third-order valence-corrected chi connectivity index (χ3v) is 5.25. The molecule has 3 aromatic rings. The van der Waals surface area contributed by atoms with Gasteiger partial charge >= 0.3 is 5.69 Å². The number of piperidine rings is 1. The fraction of sp³-hybridized carbons (Fsp3) is 0.474. The Labute approximate surface area is 146 Å². The molecule has 1 saturated heterocycles. The number of likely N-dealkylation sites (tertiary alicyclic amines) is 1. The Morgan fingerprint density at radius 2 is 2.12 bits per heavy atom. The maximum Gasteiger partial charge on any atom is 0.343 e. The maximum absolute atomic E-state index is 11.7. The van der Waals surface area contributed by atoms with E-state index in [9.17, 15) is 4.79 Å². The van der Waals surface area contributed by atoms with E-state index in [4.69, 9.17) is 4.42 Å². The van der Waals surface area contributed by atoms with Gasteiger partial charge in [0, 0.05) is 24.9 Å². The molecule has 6 nitrogen and oxygen atoms in total. The second kappa shape index (κ2) is 6.88. The van der Waals surface area contributed by atoms with Crippen molar-refractivity contribution in [3.8, 4) is 0 Å². The molecule has 1 aromatic carbocycles. The van der Waals surface area contributed by atoms with Gasteiger partial charge in [0.15, 0.2) is 0 Å². The van der Waals surface area contributed by atoms with Crippen LogP contribution in [0.25, 0.3) is 11.0 Å². The van der Waals surface area contributed by atoms with Crippen LogP contribution in [0.3, 0.4) is 0 Å². The first-order valence-corrected chi connectivity index (χ1v) is 9.05. The monoisotopic (exact) mass is 340 g/mol. The number of benzene rings is 1. The normalized spacial score (nSPS) is 16.7. The van der Waals surface area contributed by atoms with E-state index in [1.807, 2.05) is 13.0 Å². The molecule has 1 N–H and O–H groups in total. The van der Waals surface area contributed by atoms with Crippen molar-refractivity contribution >= 4 is 11.0 Å². The van der Waals surface area contributed by atoms with Crippen LogP contribution in [0.15, 0.2) is 39.7 Å². The zero-order valence-corrected chi connectivity index (χ0v) is 14.6. The second-order valence-corrected chi connectivity index (χ2v) is 6.91. The van der Waals surface area contributed by atoms with E-state index in [0.717, 1.165) is 50.3 Å². The average Bonchev–Trinajstić information content (AvgIpc) is 3.22. The highest BCUT2D eigenvalue weighted by Gasteiger charge is 2.21. The third kappa shape index (κ3) is 3.39. The summed E-state index contributed by atoms with van der Waals surface area (Å²) in [6.45, 7) is 5.83. The van der Waals surface area contributed by atoms with Gasteiger partial charge in [-0.25, -0.2) is 9.89 Å². The highest BCUT2D eigenvalue weighted by atomic mass is 16.3. The number of hydrogen-bond acceptors (Lipinski definition) is 4. The summed E-state index contributed by atoms with van der Waals surface area (Å²) in [4.78, 5) is 14.2. The molecule has 132 valence electrons. The van der Waals surface area contributed by atoms with Crippen molar-refractivity contribution < 1.29 is 4.42 Å². The van der Waals surface area contributed by atoms with Crippen LogP contribution in [-0.2, 0) is 19.5 Å². The summed E-state index contributed by atoms with van der Waals surface area (Å²) in [6.07, 6.45) is 4.93. The van der Waals surface area contributed by atoms with E-state index >= 15 is 0 Å². The zero-order valence-electron chi connectivity index (χ0n) is 14.6. The Morgan fingerprint density at radius 1 is 1.28 bits per heavy atom. The zero-order chi connectivity index (χ0) is 17.2. The van der Waals surface area contributed by atoms with Crippen molar-refractivity contribution in [1.29, 1.82) is 0 Å². The number of furan rings is 1. The van der Waals surface area contributed by atoms with E-state index < -0.39 is 0 Å². The number of hydrogen-bond donors (Lipinski definition) is 1. The SMILES string of the molecule is CCn1c(CC2CCN(Cc3ccc4occc4c3)CC2)n[nH]c1=O. The van der Waals surface area contributed by atoms with Gasteiger partial charge in [0.05, 0.1) is 6.26 Å². The molecule has 1 aliphatic heterocycles. The summed E-state index contributed by atoms with van der Waals surface area (Å²) in [5, 5.41) is 7.94. The minimum absolute atomic E-state index is 0.0930. The van der Waals surface area contributed by atoms with Gasteiger partial charge < -0.3 is 4.42 Å². The number of aromatic nitrogens is 3. The van der Waals surface area contributed by atoms with Gasteiger partial charge in [0.1, 0.15) is 11.4 Å². The average molecular weight is 340 g/mol. The number of H-pyrrole nitrogens is 1. The quantitative estimate of drug-likeness (QED) is 0.775. The van der Waals surface area contributed by atoms with Crippen LogP contribution < -0.4 is 5.69 Å². The van der Waals surface area contributed by atoms with E-state index in [1.165, 1.54) is 10.9 Å². The van der Waals surface area contributed by atoms with Crippen molar-refractivity contribution in [3.63, 3.8) is 0 Å². The van der Waals surface area contributed by atoms with Crippen LogP contribution in [0.4, 0.5) is 0 Å². The summed E-state index contributed by atoms with van der Waals surface area (Å²) in [5.41, 5.74) is 2.19. The molecule has 0 saturated carbocycles. The number of nitrogens with zero attached hydrogens (tertiary/aromatic N) is 3. The lowest BCUT2D eigenvalue weighted by Crippen LogP contribution is -2.34. The molecule has 1 fully saturated rings. The first kappa shape index (κ1) is 16.1. The molecule has 3 heterocycles. The van der Waals surface area contributed by atoms with E-state index in [0.29, 0.717) is 12.5 Å². The number of rotatable bonds is 5. The van der Waals surface area contributed by atoms with Crippen molar-refractivity contribution in [1.82, 2.24) is 19.7 Å². The van der Waals surface area contributed by atoms with Gasteiger partial charge in [0.25, 0.3) is 0 Å². The highest BCUT2D eigenvalue weighted by molar-refractivity contribution is 5.77. The summed E-state index contributed by atoms with van der Waals surface area (Å²) in [6, 6.07) is 8.44. The minimum Gasteiger partial charge on any atom is -0.464 e. The Hall–Kier alpha value is -2.34. The van der Waals surface area contributed by atoms with Crippen molar-refractivity contribution in [3.05, 3.63) is 52.4 Å². The molecular weight excluding hydrogens is 316 g/mol. The van der Waals surface area contributed by atoms with E-state index in [1.54, 1.807) is 10.8 Å². The van der Waals surface area contributed by atoms with Gasteiger partial charge in [-0.2, -0.15) is 5.10 Å². The Kier molecular flexibility index (Phi) is 4.44. The third-order valence-electron chi connectivity index (χ3n) is 5.25. The number of fused-ring (bicyclic) bond motifs is 1. The van der Waals surface area contributed by atoms with Crippen LogP contribution in [0, 0.1) is 5.92 Å². The molecule has 0 spiro atoms. The molecule has 0 amide bonds. The fourth-order valence-electron chi connectivity index (χ4n) is 3.81. The molecular formula is C19H24N4O2. The van der Waals surface area contributed by atoms with Crippen LogP contribution in [0.2, 0.25) is 0 Å². The predicted molar refractivity (Wildman–Crippen MR) is 96.4 cm³/mol. The number of aromatic amines is 1. The Morgan fingerprint density at radius 3 is 2.92 bits per heavy atom. The largest absolute Gasteiger partial charge is 0.464 e. The van der Waals surface area contributed by atoms with Crippen molar-refractivity contribution in [2.45, 2.75) is 39.3 Å². The highest BCUT2D eigenvalue weighted by Crippen LogP contribution is 2.23. The fourth-order valence-corrected chi connectivity index (χ4v) is 3.81. The lowest BCUT2D eigenvalue weighted by molar-refractivity contribution is 0.175. The van der Waals surface area contributed by atoms with Crippen LogP contribution in [0.5, 0.6) is 0 Å². The topological polar surface area (TPSA) is 67.1 Å². The molecule has 4 rings (SSSR count). The standard InChI is InChI=1S/C19H24N4O2/c1-2-23-18(20-21-19(23)24)12-14-5-8-22(9-6-14)13-15-3-4-17-16(11-15)7-10-25-17/h3-4,7,10-11,14H,2,5-6,8-9,12-13H2,1H3,(H,21,24). The van der Waals surface area contributed by atoms with Crippen LogP contribution in [-0.4, -0.2) is 32.8 Å². The van der Waals surface area contributed by atoms with Crippen molar-refractivity contribution in [2.24, 2.45) is 5.92 Å². The van der Waals surface area contributed by atoms with Gasteiger partial charge in [-0.3, -0.25) is 9.47 Å². The summed E-state index contributed by atoms with van der Waals surface area (Å²) >= 11 is 0. The van der Waals surface area contributed by atoms with Gasteiger partial charge in [-0.1, -0.05) is 6.07 Å². The molecule has 6 heteroatoms. The molecule has 0 radical (unpaired) electrons. The Bertz CT molecular complexity index is 899. The molecule has 25 heavy (non-hydrogen) atoms. The smallest absolute Gasteiger partial charge is 0.343 e. The summed E-state index contributed by atoms with van der Waals surface area (Å²) in [5.74, 6) is 1.50. The summed E-state index contributed by atoms with van der Waals surface area (Å²) in [7, 11) is 0. The lowest BCUT2D eigenvalue weighted by Gasteiger charge is -2.31. The number of nitrogens with one attached hydrogen (secondary N) is 1. The first-order valence-electron chi connectivity index (χ1n) is 9.05. The molecule has 0 atom stereocenters.